The number of hydrogen-bond acceptors (Lipinski definition) is 6. The zero-order valence-electron chi connectivity index (χ0n) is 15.5. The number of carbonyl (C=O) groups excluding carboxylic acids is 2. The Morgan fingerprint density at radius 2 is 1.68 bits per heavy atom. The van der Waals surface area contributed by atoms with Crippen molar-refractivity contribution >= 4 is 17.6 Å². The second kappa shape index (κ2) is 11.5. The molecule has 0 aliphatic heterocycles. The number of hydrogen-bond donors (Lipinski definition) is 1. The average molecular weight is 350 g/mol. The molecule has 1 rings (SSSR count). The molecule has 25 heavy (non-hydrogen) atoms. The molecule has 0 heterocycles. The summed E-state index contributed by atoms with van der Waals surface area (Å²) in [6.45, 7) is 9.19. The molecule has 0 radical (unpaired) electrons. The molecule has 0 atom stereocenters. The van der Waals surface area contributed by atoms with Crippen LogP contribution in [-0.4, -0.2) is 49.7 Å². The number of rotatable bonds is 11. The summed E-state index contributed by atoms with van der Waals surface area (Å²) in [4.78, 5) is 26.8. The van der Waals surface area contributed by atoms with Crippen LogP contribution in [-0.2, 0) is 9.47 Å². The summed E-state index contributed by atoms with van der Waals surface area (Å²) in [6.07, 6.45) is 2.81. The van der Waals surface area contributed by atoms with E-state index in [0.29, 0.717) is 13.2 Å². The van der Waals surface area contributed by atoms with E-state index in [1.807, 2.05) is 0 Å². The quantitative estimate of drug-likeness (QED) is 0.375. The van der Waals surface area contributed by atoms with E-state index in [2.05, 4.69) is 25.7 Å². The van der Waals surface area contributed by atoms with Crippen LogP contribution in [0.5, 0.6) is 0 Å². The molecule has 0 aromatic heterocycles. The molecule has 1 aromatic carbocycles. The third-order valence-electron chi connectivity index (χ3n) is 4.04. The number of likely N-dealkylation sites (N-methyl/N-ethyl adjacent to an activating group) is 1. The predicted octanol–water partition coefficient (Wildman–Crippen LogP) is 3.11. The molecule has 0 saturated heterocycles. The van der Waals surface area contributed by atoms with Crippen LogP contribution in [0.4, 0.5) is 5.69 Å². The van der Waals surface area contributed by atoms with Crippen LogP contribution in [0, 0.1) is 0 Å². The lowest BCUT2D eigenvalue weighted by molar-refractivity contribution is 0.0433. The molecule has 0 unspecified atom stereocenters. The normalized spacial score (nSPS) is 10.7. The number of benzene rings is 1. The van der Waals surface area contributed by atoms with Gasteiger partial charge in [0.15, 0.2) is 0 Å². The Bertz CT molecular complexity index is 556. The van der Waals surface area contributed by atoms with Crippen LogP contribution in [0.1, 0.15) is 60.7 Å². The van der Waals surface area contributed by atoms with Gasteiger partial charge >= 0.3 is 11.9 Å². The lowest BCUT2D eigenvalue weighted by Gasteiger charge is -2.18. The van der Waals surface area contributed by atoms with Crippen molar-refractivity contribution < 1.29 is 19.1 Å². The highest BCUT2D eigenvalue weighted by atomic mass is 16.5. The molecule has 2 N–H and O–H groups in total. The summed E-state index contributed by atoms with van der Waals surface area (Å²) >= 11 is 0. The molecule has 0 spiro atoms. The first-order valence-electron chi connectivity index (χ1n) is 9.00. The highest BCUT2D eigenvalue weighted by Gasteiger charge is 2.22. The van der Waals surface area contributed by atoms with E-state index >= 15 is 0 Å². The minimum Gasteiger partial charge on any atom is -0.462 e. The van der Waals surface area contributed by atoms with Crippen molar-refractivity contribution in [3.05, 3.63) is 29.3 Å². The maximum absolute atomic E-state index is 12.4. The van der Waals surface area contributed by atoms with E-state index in [1.54, 1.807) is 18.2 Å². The van der Waals surface area contributed by atoms with Crippen LogP contribution in [0.15, 0.2) is 18.2 Å². The minimum absolute atomic E-state index is 0.0897. The molecular weight excluding hydrogens is 320 g/mol. The molecule has 1 aromatic rings. The maximum atomic E-state index is 12.4. The number of carbonyl (C=O) groups is 2. The monoisotopic (exact) mass is 350 g/mol. The van der Waals surface area contributed by atoms with Gasteiger partial charge in [0.1, 0.15) is 6.61 Å². The van der Waals surface area contributed by atoms with E-state index in [-0.39, 0.29) is 23.4 Å². The smallest absolute Gasteiger partial charge is 0.341 e. The van der Waals surface area contributed by atoms with Crippen LogP contribution < -0.4 is 5.73 Å². The number of anilines is 1. The number of nitrogens with two attached hydrogens (primary N) is 1. The molecule has 140 valence electrons. The number of nitrogens with zero attached hydrogens (tertiary/aromatic N) is 1. The maximum Gasteiger partial charge on any atom is 0.341 e. The van der Waals surface area contributed by atoms with Crippen LogP contribution in [0.25, 0.3) is 0 Å². The van der Waals surface area contributed by atoms with Gasteiger partial charge in [-0.15, -0.1) is 0 Å². The Balaban J connectivity index is 2.74. The standard InChI is InChI=1S/C19H30N2O4/c1-4-7-8-13-24-19(23)17-15(10-9-11-16(17)20)18(22)25-14-12-21(5-2)6-3/h9-11H,4-8,12-14,20H2,1-3H3. The summed E-state index contributed by atoms with van der Waals surface area (Å²) in [7, 11) is 0. The van der Waals surface area contributed by atoms with Crippen molar-refractivity contribution in [2.75, 3.05) is 38.6 Å². The topological polar surface area (TPSA) is 81.9 Å². The van der Waals surface area contributed by atoms with Gasteiger partial charge in [0.2, 0.25) is 0 Å². The third-order valence-corrected chi connectivity index (χ3v) is 4.04. The first kappa shape index (κ1) is 21.0. The largest absolute Gasteiger partial charge is 0.462 e. The molecule has 0 fully saturated rings. The summed E-state index contributed by atoms with van der Waals surface area (Å²) in [6, 6.07) is 4.75. The van der Waals surface area contributed by atoms with Crippen molar-refractivity contribution in [1.82, 2.24) is 4.90 Å². The summed E-state index contributed by atoms with van der Waals surface area (Å²) in [5, 5.41) is 0. The zero-order chi connectivity index (χ0) is 18.7. The van der Waals surface area contributed by atoms with Gasteiger partial charge in [-0.3, -0.25) is 0 Å². The molecule has 0 aliphatic rings. The summed E-state index contributed by atoms with van der Waals surface area (Å²) in [5.41, 5.74) is 6.36. The van der Waals surface area contributed by atoms with Crippen molar-refractivity contribution in [2.24, 2.45) is 0 Å². The first-order valence-corrected chi connectivity index (χ1v) is 9.00. The molecular formula is C19H30N2O4. The van der Waals surface area contributed by atoms with Crippen molar-refractivity contribution in [3.63, 3.8) is 0 Å². The Labute approximate surface area is 150 Å². The van der Waals surface area contributed by atoms with E-state index in [4.69, 9.17) is 15.2 Å². The Morgan fingerprint density at radius 3 is 2.32 bits per heavy atom. The molecule has 0 saturated carbocycles. The highest BCUT2D eigenvalue weighted by molar-refractivity contribution is 6.06. The van der Waals surface area contributed by atoms with Gasteiger partial charge in [-0.1, -0.05) is 39.7 Å². The van der Waals surface area contributed by atoms with Crippen molar-refractivity contribution in [1.29, 1.82) is 0 Å². The summed E-state index contributed by atoms with van der Waals surface area (Å²) in [5.74, 6) is -1.13. The van der Waals surface area contributed by atoms with Crippen LogP contribution >= 0.6 is 0 Å². The van der Waals surface area contributed by atoms with E-state index < -0.39 is 11.9 Å². The number of esters is 2. The lowest BCUT2D eigenvalue weighted by atomic mass is 10.1. The van der Waals surface area contributed by atoms with E-state index in [9.17, 15) is 9.59 Å². The first-order chi connectivity index (χ1) is 12.0. The van der Waals surface area contributed by atoms with Gasteiger partial charge in [0.05, 0.1) is 17.7 Å². The van der Waals surface area contributed by atoms with Gasteiger partial charge in [-0.2, -0.15) is 0 Å². The second-order valence-electron chi connectivity index (χ2n) is 5.78. The van der Waals surface area contributed by atoms with Gasteiger partial charge in [0, 0.05) is 12.2 Å². The average Bonchev–Trinajstić information content (AvgIpc) is 2.61. The van der Waals surface area contributed by atoms with Crippen LogP contribution in [0.2, 0.25) is 0 Å². The molecule has 6 heteroatoms. The molecule has 0 bridgehead atoms. The van der Waals surface area contributed by atoms with Crippen molar-refractivity contribution in [2.45, 2.75) is 40.0 Å². The molecule has 0 aliphatic carbocycles. The number of unbranched alkanes of at least 4 members (excludes halogenated alkanes) is 2. The SMILES string of the molecule is CCCCCOC(=O)c1c(N)cccc1C(=O)OCCN(CC)CC. The lowest BCUT2D eigenvalue weighted by Crippen LogP contribution is -2.28. The van der Waals surface area contributed by atoms with Gasteiger partial charge < -0.3 is 20.1 Å². The fraction of sp³-hybridized carbons (Fsp3) is 0.579. The van der Waals surface area contributed by atoms with Crippen molar-refractivity contribution in [3.8, 4) is 0 Å². The Morgan fingerprint density at radius 1 is 1.00 bits per heavy atom. The molecule has 6 nitrogen and oxygen atoms in total. The fourth-order valence-corrected chi connectivity index (χ4v) is 2.44. The van der Waals surface area contributed by atoms with Gasteiger partial charge in [-0.25, -0.2) is 9.59 Å². The van der Waals surface area contributed by atoms with E-state index in [1.165, 1.54) is 0 Å². The third kappa shape index (κ3) is 6.74. The zero-order valence-corrected chi connectivity index (χ0v) is 15.5. The number of ether oxygens (including phenoxy) is 2. The van der Waals surface area contributed by atoms with Crippen LogP contribution in [0.3, 0.4) is 0 Å². The second-order valence-corrected chi connectivity index (χ2v) is 5.78. The number of nitrogen functional groups attached to an aromatic ring is 1. The Hall–Kier alpha value is -2.08. The predicted molar refractivity (Wildman–Crippen MR) is 98.7 cm³/mol. The molecule has 0 amide bonds. The van der Waals surface area contributed by atoms with E-state index in [0.717, 1.165) is 32.4 Å². The van der Waals surface area contributed by atoms with Gasteiger partial charge in [-0.05, 0) is 31.6 Å². The highest BCUT2D eigenvalue weighted by Crippen LogP contribution is 2.19. The minimum atomic E-state index is -0.579. The Kier molecular flexibility index (Phi) is 9.62. The fourth-order valence-electron chi connectivity index (χ4n) is 2.44. The van der Waals surface area contributed by atoms with Gasteiger partial charge in [0.25, 0.3) is 0 Å². The summed E-state index contributed by atoms with van der Waals surface area (Å²) < 4.78 is 10.6.